The molecule has 3 aromatic rings. The van der Waals surface area contributed by atoms with Gasteiger partial charge in [-0.15, -0.1) is 0 Å². The molecule has 1 N–H and O–H groups in total. The van der Waals surface area contributed by atoms with Crippen molar-refractivity contribution in [2.75, 3.05) is 13.1 Å². The summed E-state index contributed by atoms with van der Waals surface area (Å²) in [4.78, 5) is 32.4. The Bertz CT molecular complexity index is 1140. The highest BCUT2D eigenvalue weighted by molar-refractivity contribution is 5.97. The van der Waals surface area contributed by atoms with Gasteiger partial charge in [0.25, 0.3) is 5.91 Å². The van der Waals surface area contributed by atoms with Crippen LogP contribution in [-0.4, -0.2) is 40.8 Å². The molecule has 6 heteroatoms. The number of hydrogen-bond acceptors (Lipinski definition) is 4. The Kier molecular flexibility index (Phi) is 6.66. The molecule has 1 aromatic heterocycles. The van der Waals surface area contributed by atoms with Gasteiger partial charge in [-0.3, -0.25) is 9.59 Å². The fourth-order valence-electron chi connectivity index (χ4n) is 5.34. The molecule has 1 saturated carbocycles. The lowest BCUT2D eigenvalue weighted by Gasteiger charge is -2.35. The van der Waals surface area contributed by atoms with Gasteiger partial charge in [0.2, 0.25) is 11.8 Å². The number of piperidine rings is 1. The molecule has 5 rings (SSSR count). The number of nitrogens with one attached hydrogen (secondary N) is 1. The number of carbonyl (C=O) groups excluding carboxylic acids is 2. The van der Waals surface area contributed by atoms with E-state index in [0.29, 0.717) is 42.1 Å². The van der Waals surface area contributed by atoms with Gasteiger partial charge >= 0.3 is 0 Å². The Morgan fingerprint density at radius 2 is 1.74 bits per heavy atom. The Morgan fingerprint density at radius 3 is 2.47 bits per heavy atom. The average molecular weight is 460 g/mol. The smallest absolute Gasteiger partial charge is 0.253 e. The number of carbonyl (C=O) groups is 2. The highest BCUT2D eigenvalue weighted by Crippen LogP contribution is 2.29. The SMILES string of the molecule is C[C@H](C(=O)NC1CCCCC1)C1CCN(C(=O)c2ccc3nc(-c4ccccc4)oc3c2)CC1. The molecule has 6 nitrogen and oxygen atoms in total. The Balaban J connectivity index is 1.19. The summed E-state index contributed by atoms with van der Waals surface area (Å²) in [6.45, 7) is 3.39. The molecular formula is C28H33N3O3. The molecule has 1 aliphatic carbocycles. The summed E-state index contributed by atoms with van der Waals surface area (Å²) in [5.74, 6) is 1.06. The molecule has 178 valence electrons. The Labute approximate surface area is 200 Å². The van der Waals surface area contributed by atoms with Crippen LogP contribution in [0.15, 0.2) is 52.9 Å². The second-order valence-corrected chi connectivity index (χ2v) is 9.83. The molecule has 2 aromatic carbocycles. The van der Waals surface area contributed by atoms with Crippen molar-refractivity contribution in [3.63, 3.8) is 0 Å². The third-order valence-corrected chi connectivity index (χ3v) is 7.56. The normalized spacial score (nSPS) is 18.7. The van der Waals surface area contributed by atoms with E-state index in [1.807, 2.05) is 54.3 Å². The van der Waals surface area contributed by atoms with Crippen molar-refractivity contribution < 1.29 is 14.0 Å². The molecule has 0 spiro atoms. The molecule has 0 unspecified atom stereocenters. The van der Waals surface area contributed by atoms with Gasteiger partial charge in [-0.2, -0.15) is 0 Å². The summed E-state index contributed by atoms with van der Waals surface area (Å²) in [5, 5.41) is 3.27. The maximum Gasteiger partial charge on any atom is 0.253 e. The van der Waals surface area contributed by atoms with Crippen LogP contribution >= 0.6 is 0 Å². The molecule has 2 fully saturated rings. The van der Waals surface area contributed by atoms with Crippen LogP contribution < -0.4 is 5.32 Å². The average Bonchev–Trinajstić information content (AvgIpc) is 3.32. The molecular weight excluding hydrogens is 426 g/mol. The molecule has 0 radical (unpaired) electrons. The largest absolute Gasteiger partial charge is 0.436 e. The molecule has 2 aliphatic rings. The number of rotatable bonds is 5. The van der Waals surface area contributed by atoms with Crippen molar-refractivity contribution in [3.8, 4) is 11.5 Å². The number of aromatic nitrogens is 1. The summed E-state index contributed by atoms with van der Waals surface area (Å²) >= 11 is 0. The number of hydrogen-bond donors (Lipinski definition) is 1. The van der Waals surface area contributed by atoms with Crippen LogP contribution in [0, 0.1) is 11.8 Å². The van der Waals surface area contributed by atoms with Gasteiger partial charge in [0.15, 0.2) is 5.58 Å². The summed E-state index contributed by atoms with van der Waals surface area (Å²) < 4.78 is 5.94. The number of nitrogens with zero attached hydrogens (tertiary/aromatic N) is 2. The van der Waals surface area contributed by atoms with Gasteiger partial charge in [0.05, 0.1) is 0 Å². The van der Waals surface area contributed by atoms with E-state index in [4.69, 9.17) is 4.42 Å². The van der Waals surface area contributed by atoms with Crippen molar-refractivity contribution >= 4 is 22.9 Å². The highest BCUT2D eigenvalue weighted by atomic mass is 16.3. The maximum absolute atomic E-state index is 13.2. The van der Waals surface area contributed by atoms with Gasteiger partial charge in [-0.25, -0.2) is 4.98 Å². The first-order chi connectivity index (χ1) is 16.6. The minimum atomic E-state index is -0.0128. The molecule has 1 atom stereocenters. The second-order valence-electron chi connectivity index (χ2n) is 9.83. The van der Waals surface area contributed by atoms with Crippen LogP contribution in [0.25, 0.3) is 22.6 Å². The second kappa shape index (κ2) is 10.00. The lowest BCUT2D eigenvalue weighted by molar-refractivity contribution is -0.127. The maximum atomic E-state index is 13.2. The van der Waals surface area contributed by atoms with Crippen molar-refractivity contribution in [1.82, 2.24) is 15.2 Å². The zero-order chi connectivity index (χ0) is 23.5. The van der Waals surface area contributed by atoms with Crippen LogP contribution in [0.1, 0.15) is 62.2 Å². The van der Waals surface area contributed by atoms with Gasteiger partial charge in [0.1, 0.15) is 5.52 Å². The van der Waals surface area contributed by atoms with Crippen LogP contribution in [-0.2, 0) is 4.79 Å². The molecule has 2 amide bonds. The first-order valence-corrected chi connectivity index (χ1v) is 12.6. The van der Waals surface area contributed by atoms with E-state index >= 15 is 0 Å². The Hall–Kier alpha value is -3.15. The van der Waals surface area contributed by atoms with Crippen LogP contribution in [0.2, 0.25) is 0 Å². The zero-order valence-electron chi connectivity index (χ0n) is 19.8. The molecule has 0 bridgehead atoms. The highest BCUT2D eigenvalue weighted by Gasteiger charge is 2.31. The fourth-order valence-corrected chi connectivity index (χ4v) is 5.34. The monoisotopic (exact) mass is 459 g/mol. The van der Waals surface area contributed by atoms with Crippen LogP contribution in [0.5, 0.6) is 0 Å². The van der Waals surface area contributed by atoms with Gasteiger partial charge in [-0.1, -0.05) is 44.4 Å². The lowest BCUT2D eigenvalue weighted by Crippen LogP contribution is -2.45. The first kappa shape index (κ1) is 22.6. The molecule has 1 aliphatic heterocycles. The summed E-state index contributed by atoms with van der Waals surface area (Å²) in [6, 6.07) is 15.6. The van der Waals surface area contributed by atoms with Crippen LogP contribution in [0.4, 0.5) is 0 Å². The molecule has 34 heavy (non-hydrogen) atoms. The minimum absolute atomic E-state index is 0.0114. The standard InChI is InChI=1S/C28H33N3O3/c1-19(26(32)29-23-10-6-3-7-11-23)20-14-16-31(17-15-20)28(33)22-12-13-24-25(18-22)34-27(30-24)21-8-4-2-5-9-21/h2,4-5,8-9,12-13,18-20,23H,3,6-7,10-11,14-17H2,1H3,(H,29,32)/t19-/m0/s1. The van der Waals surface area contributed by atoms with Gasteiger partial charge in [0, 0.05) is 36.2 Å². The third kappa shape index (κ3) is 4.86. The summed E-state index contributed by atoms with van der Waals surface area (Å²) in [5.41, 5.74) is 2.89. The quantitative estimate of drug-likeness (QED) is 0.552. The number of likely N-dealkylation sites (tertiary alicyclic amines) is 1. The van der Waals surface area contributed by atoms with Crippen molar-refractivity contribution in [2.24, 2.45) is 11.8 Å². The van der Waals surface area contributed by atoms with E-state index in [9.17, 15) is 9.59 Å². The predicted molar refractivity (Wildman–Crippen MR) is 132 cm³/mol. The van der Waals surface area contributed by atoms with Gasteiger partial charge in [-0.05, 0) is 61.9 Å². The van der Waals surface area contributed by atoms with E-state index in [1.165, 1.54) is 19.3 Å². The van der Waals surface area contributed by atoms with Crippen LogP contribution in [0.3, 0.4) is 0 Å². The first-order valence-electron chi connectivity index (χ1n) is 12.6. The van der Waals surface area contributed by atoms with Crippen molar-refractivity contribution in [2.45, 2.75) is 57.9 Å². The topological polar surface area (TPSA) is 75.4 Å². The minimum Gasteiger partial charge on any atom is -0.436 e. The van der Waals surface area contributed by atoms with Crippen molar-refractivity contribution in [3.05, 3.63) is 54.1 Å². The fraction of sp³-hybridized carbons (Fsp3) is 0.464. The van der Waals surface area contributed by atoms with E-state index in [2.05, 4.69) is 10.3 Å². The third-order valence-electron chi connectivity index (χ3n) is 7.56. The van der Waals surface area contributed by atoms with E-state index in [-0.39, 0.29) is 17.7 Å². The van der Waals surface area contributed by atoms with E-state index < -0.39 is 0 Å². The molecule has 1 saturated heterocycles. The number of oxazole rings is 1. The van der Waals surface area contributed by atoms with Gasteiger partial charge < -0.3 is 14.6 Å². The zero-order valence-corrected chi connectivity index (χ0v) is 19.8. The predicted octanol–water partition coefficient (Wildman–Crippen LogP) is 5.43. The number of amides is 2. The molecule has 2 heterocycles. The Morgan fingerprint density at radius 1 is 1.00 bits per heavy atom. The summed E-state index contributed by atoms with van der Waals surface area (Å²) in [7, 11) is 0. The lowest BCUT2D eigenvalue weighted by atomic mass is 9.84. The van der Waals surface area contributed by atoms with E-state index in [0.717, 1.165) is 36.8 Å². The van der Waals surface area contributed by atoms with Crippen molar-refractivity contribution in [1.29, 1.82) is 0 Å². The summed E-state index contributed by atoms with van der Waals surface area (Å²) in [6.07, 6.45) is 7.63. The number of fused-ring (bicyclic) bond motifs is 1. The van der Waals surface area contributed by atoms with E-state index in [1.54, 1.807) is 6.07 Å². The number of benzene rings is 2.